The van der Waals surface area contributed by atoms with E-state index in [-0.39, 0.29) is 5.60 Å². The molecule has 0 saturated carbocycles. The van der Waals surface area contributed by atoms with E-state index < -0.39 is 0 Å². The van der Waals surface area contributed by atoms with Crippen molar-refractivity contribution in [3.8, 4) is 0 Å². The SMILES string of the molecule is CCCC(C)(C)OCCOC. The number of methoxy groups -OCH3 is 1. The molecule has 0 heterocycles. The van der Waals surface area contributed by atoms with Crippen molar-refractivity contribution in [1.29, 1.82) is 0 Å². The van der Waals surface area contributed by atoms with Gasteiger partial charge in [0.2, 0.25) is 0 Å². The van der Waals surface area contributed by atoms with Gasteiger partial charge < -0.3 is 9.47 Å². The average Bonchev–Trinajstić information content (AvgIpc) is 1.87. The highest BCUT2D eigenvalue weighted by Crippen LogP contribution is 2.15. The van der Waals surface area contributed by atoms with Crippen LogP contribution in [0.25, 0.3) is 0 Å². The molecule has 0 aliphatic heterocycles. The second-order valence-electron chi connectivity index (χ2n) is 3.35. The van der Waals surface area contributed by atoms with Crippen LogP contribution in [0, 0.1) is 0 Å². The van der Waals surface area contributed by atoms with Gasteiger partial charge in [-0.15, -0.1) is 0 Å². The van der Waals surface area contributed by atoms with Crippen LogP contribution in [0.5, 0.6) is 0 Å². The summed E-state index contributed by atoms with van der Waals surface area (Å²) in [6, 6.07) is 0. The molecule has 0 amide bonds. The molecule has 0 fully saturated rings. The molecule has 0 saturated heterocycles. The van der Waals surface area contributed by atoms with E-state index >= 15 is 0 Å². The van der Waals surface area contributed by atoms with Crippen LogP contribution in [0.2, 0.25) is 0 Å². The molecule has 2 nitrogen and oxygen atoms in total. The molecule has 68 valence electrons. The molecule has 0 bridgehead atoms. The first-order valence-corrected chi connectivity index (χ1v) is 4.25. The van der Waals surface area contributed by atoms with Crippen molar-refractivity contribution in [3.63, 3.8) is 0 Å². The zero-order chi connectivity index (χ0) is 8.74. The maximum atomic E-state index is 5.59. The molecule has 0 aliphatic carbocycles. The van der Waals surface area contributed by atoms with E-state index in [1.807, 2.05) is 0 Å². The summed E-state index contributed by atoms with van der Waals surface area (Å²) >= 11 is 0. The lowest BCUT2D eigenvalue weighted by molar-refractivity contribution is -0.0442. The molecule has 0 N–H and O–H groups in total. The van der Waals surface area contributed by atoms with Gasteiger partial charge in [-0.1, -0.05) is 13.3 Å². The molecule has 0 spiro atoms. The molecule has 0 aromatic carbocycles. The first-order valence-electron chi connectivity index (χ1n) is 4.25. The monoisotopic (exact) mass is 160 g/mol. The smallest absolute Gasteiger partial charge is 0.0707 e. The zero-order valence-corrected chi connectivity index (χ0v) is 8.14. The number of ether oxygens (including phenoxy) is 2. The normalized spacial score (nSPS) is 12.0. The summed E-state index contributed by atoms with van der Waals surface area (Å²) in [5.41, 5.74) is 0.0211. The van der Waals surface area contributed by atoms with Crippen LogP contribution in [0.1, 0.15) is 33.6 Å². The van der Waals surface area contributed by atoms with Crippen LogP contribution in [0.15, 0.2) is 0 Å². The Labute approximate surface area is 69.9 Å². The van der Waals surface area contributed by atoms with Crippen molar-refractivity contribution in [3.05, 3.63) is 0 Å². The van der Waals surface area contributed by atoms with Gasteiger partial charge in [0.25, 0.3) is 0 Å². The van der Waals surface area contributed by atoms with Crippen molar-refractivity contribution >= 4 is 0 Å². The van der Waals surface area contributed by atoms with E-state index in [1.165, 1.54) is 6.42 Å². The molecule has 11 heavy (non-hydrogen) atoms. The first-order chi connectivity index (χ1) is 5.12. The van der Waals surface area contributed by atoms with Gasteiger partial charge in [0.1, 0.15) is 0 Å². The van der Waals surface area contributed by atoms with Gasteiger partial charge >= 0.3 is 0 Å². The van der Waals surface area contributed by atoms with E-state index in [0.29, 0.717) is 13.2 Å². The fourth-order valence-corrected chi connectivity index (χ4v) is 1.08. The topological polar surface area (TPSA) is 18.5 Å². The second kappa shape index (κ2) is 5.56. The van der Waals surface area contributed by atoms with Crippen molar-refractivity contribution < 1.29 is 9.47 Å². The summed E-state index contributed by atoms with van der Waals surface area (Å²) in [5.74, 6) is 0. The van der Waals surface area contributed by atoms with E-state index in [2.05, 4.69) is 20.8 Å². The van der Waals surface area contributed by atoms with Gasteiger partial charge in [0.15, 0.2) is 0 Å². The molecule has 0 radical (unpaired) electrons. The molecule has 2 heteroatoms. The van der Waals surface area contributed by atoms with E-state index in [1.54, 1.807) is 7.11 Å². The number of rotatable bonds is 6. The Balaban J connectivity index is 3.38. The van der Waals surface area contributed by atoms with Crippen LogP contribution in [-0.4, -0.2) is 25.9 Å². The van der Waals surface area contributed by atoms with Crippen molar-refractivity contribution in [2.45, 2.75) is 39.2 Å². The van der Waals surface area contributed by atoms with Crippen LogP contribution < -0.4 is 0 Å². The van der Waals surface area contributed by atoms with E-state index in [0.717, 1.165) is 6.42 Å². The Morgan fingerprint density at radius 3 is 2.27 bits per heavy atom. The molecule has 0 unspecified atom stereocenters. The minimum Gasteiger partial charge on any atom is -0.382 e. The highest BCUT2D eigenvalue weighted by molar-refractivity contribution is 4.66. The lowest BCUT2D eigenvalue weighted by Crippen LogP contribution is -2.25. The minimum atomic E-state index is 0.0211. The zero-order valence-electron chi connectivity index (χ0n) is 8.14. The largest absolute Gasteiger partial charge is 0.382 e. The lowest BCUT2D eigenvalue weighted by Gasteiger charge is -2.24. The van der Waals surface area contributed by atoms with Gasteiger partial charge in [-0.3, -0.25) is 0 Å². The summed E-state index contributed by atoms with van der Waals surface area (Å²) in [5, 5.41) is 0. The molecule has 0 rings (SSSR count). The average molecular weight is 160 g/mol. The Morgan fingerprint density at radius 2 is 1.82 bits per heavy atom. The third-order valence-electron chi connectivity index (χ3n) is 1.63. The van der Waals surface area contributed by atoms with Crippen LogP contribution in [0.3, 0.4) is 0 Å². The summed E-state index contributed by atoms with van der Waals surface area (Å²) in [6.07, 6.45) is 2.27. The predicted octanol–water partition coefficient (Wildman–Crippen LogP) is 2.23. The molecular weight excluding hydrogens is 140 g/mol. The molecular formula is C9H20O2. The van der Waals surface area contributed by atoms with Gasteiger partial charge in [0, 0.05) is 7.11 Å². The second-order valence-corrected chi connectivity index (χ2v) is 3.35. The molecule has 0 aliphatic rings. The summed E-state index contributed by atoms with van der Waals surface area (Å²) in [7, 11) is 1.69. The molecule has 0 aromatic heterocycles. The molecule has 0 atom stereocenters. The number of hydrogen-bond donors (Lipinski definition) is 0. The summed E-state index contributed by atoms with van der Waals surface area (Å²) in [4.78, 5) is 0. The van der Waals surface area contributed by atoms with Gasteiger partial charge in [-0.05, 0) is 20.3 Å². The third kappa shape index (κ3) is 6.32. The highest BCUT2D eigenvalue weighted by atomic mass is 16.5. The van der Waals surface area contributed by atoms with Crippen molar-refractivity contribution in [1.82, 2.24) is 0 Å². The summed E-state index contributed by atoms with van der Waals surface area (Å²) in [6.45, 7) is 7.79. The van der Waals surface area contributed by atoms with E-state index in [4.69, 9.17) is 9.47 Å². The maximum absolute atomic E-state index is 5.59. The lowest BCUT2D eigenvalue weighted by atomic mass is 10.0. The highest BCUT2D eigenvalue weighted by Gasteiger charge is 2.15. The Morgan fingerprint density at radius 1 is 1.18 bits per heavy atom. The fraction of sp³-hybridized carbons (Fsp3) is 1.00. The Hall–Kier alpha value is -0.0800. The predicted molar refractivity (Wildman–Crippen MR) is 46.8 cm³/mol. The third-order valence-corrected chi connectivity index (χ3v) is 1.63. The van der Waals surface area contributed by atoms with Crippen LogP contribution in [-0.2, 0) is 9.47 Å². The van der Waals surface area contributed by atoms with Gasteiger partial charge in [-0.25, -0.2) is 0 Å². The quantitative estimate of drug-likeness (QED) is 0.555. The fourth-order valence-electron chi connectivity index (χ4n) is 1.08. The van der Waals surface area contributed by atoms with Crippen LogP contribution in [0.4, 0.5) is 0 Å². The van der Waals surface area contributed by atoms with Gasteiger partial charge in [-0.2, -0.15) is 0 Å². The molecule has 0 aromatic rings. The number of hydrogen-bond acceptors (Lipinski definition) is 2. The standard InChI is InChI=1S/C9H20O2/c1-5-6-9(2,3)11-8-7-10-4/h5-8H2,1-4H3. The van der Waals surface area contributed by atoms with Crippen LogP contribution >= 0.6 is 0 Å². The minimum absolute atomic E-state index is 0.0211. The summed E-state index contributed by atoms with van der Waals surface area (Å²) < 4.78 is 10.5. The first kappa shape index (κ1) is 10.9. The van der Waals surface area contributed by atoms with E-state index in [9.17, 15) is 0 Å². The Kier molecular flexibility index (Phi) is 5.51. The maximum Gasteiger partial charge on any atom is 0.0707 e. The Bertz CT molecular complexity index is 89.6. The van der Waals surface area contributed by atoms with Crippen molar-refractivity contribution in [2.75, 3.05) is 20.3 Å². The van der Waals surface area contributed by atoms with Crippen molar-refractivity contribution in [2.24, 2.45) is 0 Å². The van der Waals surface area contributed by atoms with Gasteiger partial charge in [0.05, 0.1) is 18.8 Å².